The number of nitrogens with zero attached hydrogens (tertiary/aromatic N) is 1. The molecule has 168 valence electrons. The maximum atomic E-state index is 13.9. The van der Waals surface area contributed by atoms with Crippen LogP contribution in [0, 0.1) is 18.8 Å². The second kappa shape index (κ2) is 7.29. The van der Waals surface area contributed by atoms with Gasteiger partial charge in [0.25, 0.3) is 0 Å². The maximum Gasteiger partial charge on any atom is 0.241 e. The normalized spacial score (nSPS) is 24.8. The van der Waals surface area contributed by atoms with Crippen molar-refractivity contribution in [2.45, 2.75) is 18.6 Å². The Hall–Kier alpha value is -3.42. The highest BCUT2D eigenvalue weighted by Gasteiger charge is 2.74. The van der Waals surface area contributed by atoms with Crippen molar-refractivity contribution in [3.63, 3.8) is 0 Å². The Bertz CT molecular complexity index is 1390. The lowest BCUT2D eigenvalue weighted by molar-refractivity contribution is -0.127. The minimum Gasteiger partial charge on any atom is -0.349 e. The van der Waals surface area contributed by atoms with Crippen LogP contribution in [0.3, 0.4) is 0 Å². The number of ether oxygens (including phenoxy) is 1. The number of aryl methyl sites for hydroxylation is 1. The van der Waals surface area contributed by atoms with Crippen LogP contribution in [0.2, 0.25) is 0 Å². The molecule has 3 aliphatic rings. The number of carbonyl (C=O) groups is 4. The molecule has 6 nitrogen and oxygen atoms in total. The van der Waals surface area contributed by atoms with Gasteiger partial charge in [0.05, 0.1) is 23.6 Å². The average molecular weight is 516 g/mol. The summed E-state index contributed by atoms with van der Waals surface area (Å²) in [7, 11) is 0. The monoisotopic (exact) mass is 515 g/mol. The number of hydrogen-bond donors (Lipinski definition) is 0. The lowest BCUT2D eigenvalue weighted by Gasteiger charge is -2.27. The van der Waals surface area contributed by atoms with E-state index < -0.39 is 46.9 Å². The van der Waals surface area contributed by atoms with E-state index >= 15 is 0 Å². The van der Waals surface area contributed by atoms with Gasteiger partial charge in [0, 0.05) is 15.6 Å². The van der Waals surface area contributed by atoms with Gasteiger partial charge in [-0.15, -0.1) is 0 Å². The van der Waals surface area contributed by atoms with E-state index in [0.717, 1.165) is 10.5 Å². The molecule has 0 aromatic heterocycles. The van der Waals surface area contributed by atoms with Crippen molar-refractivity contribution < 1.29 is 23.9 Å². The molecule has 1 spiro atoms. The van der Waals surface area contributed by atoms with E-state index in [0.29, 0.717) is 15.7 Å². The highest BCUT2D eigenvalue weighted by atomic mass is 79.9. The van der Waals surface area contributed by atoms with E-state index in [1.807, 2.05) is 25.1 Å². The number of halogens is 1. The minimum absolute atomic E-state index is 0.218. The number of Topliss-reactive ketones (excluding diaryl/α,β-unsaturated/α-hetero) is 2. The van der Waals surface area contributed by atoms with Crippen molar-refractivity contribution in [2.24, 2.45) is 11.8 Å². The number of anilines is 1. The summed E-state index contributed by atoms with van der Waals surface area (Å²) >= 11 is 3.42. The van der Waals surface area contributed by atoms with Crippen LogP contribution in [0.4, 0.5) is 5.69 Å². The van der Waals surface area contributed by atoms with Gasteiger partial charge in [-0.05, 0) is 40.5 Å². The van der Waals surface area contributed by atoms with E-state index in [9.17, 15) is 19.2 Å². The number of imide groups is 1. The van der Waals surface area contributed by atoms with Crippen molar-refractivity contribution in [2.75, 3.05) is 4.90 Å². The van der Waals surface area contributed by atoms with Gasteiger partial charge < -0.3 is 4.74 Å². The average Bonchev–Trinajstić information content (AvgIpc) is 3.40. The van der Waals surface area contributed by atoms with Gasteiger partial charge in [-0.2, -0.15) is 0 Å². The molecule has 34 heavy (non-hydrogen) atoms. The first kappa shape index (κ1) is 21.1. The third-order valence-electron chi connectivity index (χ3n) is 6.98. The van der Waals surface area contributed by atoms with Crippen LogP contribution in [0.15, 0.2) is 77.3 Å². The molecule has 3 aromatic carbocycles. The van der Waals surface area contributed by atoms with Gasteiger partial charge in [-0.3, -0.25) is 19.2 Å². The third kappa shape index (κ3) is 2.59. The van der Waals surface area contributed by atoms with Crippen molar-refractivity contribution in [1.29, 1.82) is 0 Å². The van der Waals surface area contributed by atoms with E-state index in [-0.39, 0.29) is 11.1 Å². The van der Waals surface area contributed by atoms with E-state index in [1.54, 1.807) is 54.6 Å². The summed E-state index contributed by atoms with van der Waals surface area (Å²) in [6.07, 6.45) is -0.920. The molecule has 0 N–H and O–H groups in total. The Morgan fingerprint density at radius 3 is 2.12 bits per heavy atom. The van der Waals surface area contributed by atoms with Crippen LogP contribution in [0.5, 0.6) is 0 Å². The lowest BCUT2D eigenvalue weighted by atomic mass is 9.77. The molecular weight excluding hydrogens is 498 g/mol. The van der Waals surface area contributed by atoms with Crippen LogP contribution in [-0.4, -0.2) is 29.0 Å². The predicted molar refractivity (Wildman–Crippen MR) is 126 cm³/mol. The van der Waals surface area contributed by atoms with Gasteiger partial charge >= 0.3 is 0 Å². The van der Waals surface area contributed by atoms with Gasteiger partial charge in [0.2, 0.25) is 29.0 Å². The number of amides is 2. The molecular formula is C27H18BrNO5. The lowest BCUT2D eigenvalue weighted by Crippen LogP contribution is -2.51. The summed E-state index contributed by atoms with van der Waals surface area (Å²) in [6.45, 7) is 1.91. The van der Waals surface area contributed by atoms with Gasteiger partial charge in [-0.25, -0.2) is 4.90 Å². The van der Waals surface area contributed by atoms with Crippen molar-refractivity contribution in [3.8, 4) is 0 Å². The second-order valence-corrected chi connectivity index (χ2v) is 9.71. The van der Waals surface area contributed by atoms with Crippen LogP contribution >= 0.6 is 15.9 Å². The highest BCUT2D eigenvalue weighted by Crippen LogP contribution is 2.58. The first-order valence-corrected chi connectivity index (χ1v) is 11.7. The molecule has 0 unspecified atom stereocenters. The zero-order valence-corrected chi connectivity index (χ0v) is 19.6. The Morgan fingerprint density at radius 1 is 0.824 bits per heavy atom. The molecule has 0 saturated carbocycles. The van der Waals surface area contributed by atoms with Crippen LogP contribution in [0.25, 0.3) is 0 Å². The number of hydrogen-bond acceptors (Lipinski definition) is 5. The van der Waals surface area contributed by atoms with E-state index in [1.165, 1.54) is 0 Å². The smallest absolute Gasteiger partial charge is 0.241 e. The molecule has 2 saturated heterocycles. The zero-order chi connectivity index (χ0) is 23.8. The first-order chi connectivity index (χ1) is 16.4. The fourth-order valence-corrected chi connectivity index (χ4v) is 6.00. The Morgan fingerprint density at radius 2 is 1.47 bits per heavy atom. The number of rotatable bonds is 2. The summed E-state index contributed by atoms with van der Waals surface area (Å²) in [5, 5.41) is 0. The summed E-state index contributed by atoms with van der Waals surface area (Å²) in [5.41, 5.74) is 0.335. The number of ketones is 2. The second-order valence-electron chi connectivity index (χ2n) is 8.86. The first-order valence-electron chi connectivity index (χ1n) is 10.9. The topological polar surface area (TPSA) is 80.8 Å². The predicted octanol–water partition coefficient (Wildman–Crippen LogP) is 4.45. The fraction of sp³-hybridized carbons (Fsp3) is 0.185. The molecule has 6 rings (SSSR count). The number of carbonyl (C=O) groups excluding carboxylic acids is 4. The molecule has 3 aromatic rings. The van der Waals surface area contributed by atoms with Gasteiger partial charge in [0.15, 0.2) is 0 Å². The molecule has 2 amide bonds. The molecule has 2 fully saturated rings. The summed E-state index contributed by atoms with van der Waals surface area (Å²) < 4.78 is 6.86. The SMILES string of the molecule is Cc1cccc([C@H]2OC3(C(=O)c4ccccc4C3=O)[C@@H]3C(=O)N(c4ccccc4Br)C(=O)[C@H]23)c1. The molecule has 7 heteroatoms. The van der Waals surface area contributed by atoms with Crippen molar-refractivity contribution in [1.82, 2.24) is 0 Å². The molecule has 2 aliphatic heterocycles. The van der Waals surface area contributed by atoms with Gasteiger partial charge in [-0.1, -0.05) is 66.2 Å². The highest BCUT2D eigenvalue weighted by molar-refractivity contribution is 9.10. The summed E-state index contributed by atoms with van der Waals surface area (Å²) in [4.78, 5) is 56.3. The minimum atomic E-state index is -2.06. The van der Waals surface area contributed by atoms with Crippen LogP contribution in [-0.2, 0) is 14.3 Å². The van der Waals surface area contributed by atoms with E-state index in [4.69, 9.17) is 4.74 Å². The standard InChI is InChI=1S/C27H18BrNO5/c1-14-7-6-8-15(13-14)22-20-21(26(33)29(25(20)32)19-12-5-4-11-18(19)28)27(34-22)23(30)16-9-2-3-10-17(16)24(27)31/h2-13,20-22H,1H3/t20-,21-,22+/m0/s1. The Balaban J connectivity index is 1.57. The van der Waals surface area contributed by atoms with Crippen LogP contribution < -0.4 is 4.90 Å². The van der Waals surface area contributed by atoms with Gasteiger partial charge in [0.1, 0.15) is 0 Å². The maximum absolute atomic E-state index is 13.9. The Labute approximate surface area is 203 Å². The Kier molecular flexibility index (Phi) is 4.53. The molecule has 0 bridgehead atoms. The number of fused-ring (bicyclic) bond motifs is 3. The fourth-order valence-electron chi connectivity index (χ4n) is 5.54. The van der Waals surface area contributed by atoms with Crippen molar-refractivity contribution >= 4 is 45.0 Å². The molecule has 0 radical (unpaired) electrons. The molecule has 2 heterocycles. The summed E-state index contributed by atoms with van der Waals surface area (Å²) in [6, 6.07) is 20.7. The molecule has 3 atom stereocenters. The summed E-state index contributed by atoms with van der Waals surface area (Å²) in [5.74, 6) is -4.48. The molecule has 1 aliphatic carbocycles. The third-order valence-corrected chi connectivity index (χ3v) is 7.65. The number of para-hydroxylation sites is 1. The zero-order valence-electron chi connectivity index (χ0n) is 18.0. The quantitative estimate of drug-likeness (QED) is 0.372. The van der Waals surface area contributed by atoms with Crippen LogP contribution in [0.1, 0.15) is 37.9 Å². The number of benzene rings is 3. The van der Waals surface area contributed by atoms with Crippen molar-refractivity contribution in [3.05, 3.63) is 99.5 Å². The largest absolute Gasteiger partial charge is 0.349 e. The van der Waals surface area contributed by atoms with E-state index in [2.05, 4.69) is 15.9 Å².